The summed E-state index contributed by atoms with van der Waals surface area (Å²) in [5.41, 5.74) is 4.72. The summed E-state index contributed by atoms with van der Waals surface area (Å²) in [6.45, 7) is -2.79. The summed E-state index contributed by atoms with van der Waals surface area (Å²) in [6.07, 6.45) is 8.04. The highest BCUT2D eigenvalue weighted by atomic mass is 19.3. The Kier molecular flexibility index (Phi) is 5.33. The van der Waals surface area contributed by atoms with E-state index in [1.807, 2.05) is 36.4 Å². The van der Waals surface area contributed by atoms with Crippen molar-refractivity contribution >= 4 is 5.69 Å². The Balaban J connectivity index is 1.57. The van der Waals surface area contributed by atoms with Crippen molar-refractivity contribution in [1.82, 2.24) is 0 Å². The van der Waals surface area contributed by atoms with Crippen LogP contribution in [0.3, 0.4) is 0 Å². The molecule has 2 atom stereocenters. The fraction of sp³-hybridized carbons (Fsp3) is 0.304. The number of nitrogens with one attached hydrogen (secondary N) is 1. The zero-order valence-electron chi connectivity index (χ0n) is 15.7. The van der Waals surface area contributed by atoms with Crippen LogP contribution in [-0.2, 0) is 11.2 Å². The first kappa shape index (κ1) is 18.5. The Labute approximate surface area is 163 Å². The SMILES string of the molecule is COc1cccc(-c2cccc3c2CC[C@H](C2C=C(OC(F)F)C=CC2)N3)c1. The smallest absolute Gasteiger partial charge is 0.387 e. The molecule has 2 aromatic carbocycles. The molecule has 3 nitrogen and oxygen atoms in total. The minimum absolute atomic E-state index is 0.132. The van der Waals surface area contributed by atoms with E-state index in [1.54, 1.807) is 13.2 Å². The molecule has 1 unspecified atom stereocenters. The zero-order chi connectivity index (χ0) is 19.5. The molecule has 0 saturated heterocycles. The topological polar surface area (TPSA) is 30.5 Å². The van der Waals surface area contributed by atoms with Crippen molar-refractivity contribution in [3.63, 3.8) is 0 Å². The van der Waals surface area contributed by atoms with Gasteiger partial charge in [0.2, 0.25) is 0 Å². The van der Waals surface area contributed by atoms with Crippen molar-refractivity contribution in [1.29, 1.82) is 0 Å². The van der Waals surface area contributed by atoms with Gasteiger partial charge < -0.3 is 14.8 Å². The fourth-order valence-corrected chi connectivity index (χ4v) is 4.08. The molecule has 146 valence electrons. The molecule has 1 N–H and O–H groups in total. The maximum Gasteiger partial charge on any atom is 0.387 e. The van der Waals surface area contributed by atoms with Crippen LogP contribution >= 0.6 is 0 Å². The number of fused-ring (bicyclic) bond motifs is 1. The van der Waals surface area contributed by atoms with E-state index in [0.717, 1.165) is 36.3 Å². The quantitative estimate of drug-likeness (QED) is 0.709. The van der Waals surface area contributed by atoms with Gasteiger partial charge in [0.05, 0.1) is 7.11 Å². The fourth-order valence-electron chi connectivity index (χ4n) is 4.08. The summed E-state index contributed by atoms with van der Waals surface area (Å²) in [5, 5.41) is 3.63. The molecule has 2 aromatic rings. The molecule has 1 heterocycles. The Bertz CT molecular complexity index is 907. The number of rotatable bonds is 5. The Morgan fingerprint density at radius 2 is 2.00 bits per heavy atom. The molecule has 28 heavy (non-hydrogen) atoms. The van der Waals surface area contributed by atoms with Gasteiger partial charge in [0, 0.05) is 17.6 Å². The van der Waals surface area contributed by atoms with Gasteiger partial charge in [-0.15, -0.1) is 0 Å². The van der Waals surface area contributed by atoms with Crippen LogP contribution in [0.5, 0.6) is 5.75 Å². The van der Waals surface area contributed by atoms with Gasteiger partial charge in [-0.05, 0) is 66.3 Å². The second kappa shape index (κ2) is 8.05. The van der Waals surface area contributed by atoms with Crippen molar-refractivity contribution in [3.05, 3.63) is 72.0 Å². The number of benzene rings is 2. The van der Waals surface area contributed by atoms with Crippen LogP contribution in [-0.4, -0.2) is 19.8 Å². The number of methoxy groups -OCH3 is 1. The summed E-state index contributed by atoms with van der Waals surface area (Å²) in [5.74, 6) is 1.22. The molecule has 0 radical (unpaired) electrons. The summed E-state index contributed by atoms with van der Waals surface area (Å²) >= 11 is 0. The first-order chi connectivity index (χ1) is 13.6. The lowest BCUT2D eigenvalue weighted by Gasteiger charge is -2.33. The van der Waals surface area contributed by atoms with E-state index >= 15 is 0 Å². The molecule has 1 aliphatic carbocycles. The molecule has 0 saturated carbocycles. The van der Waals surface area contributed by atoms with Crippen LogP contribution in [0.1, 0.15) is 18.4 Å². The monoisotopic (exact) mass is 383 g/mol. The van der Waals surface area contributed by atoms with Crippen LogP contribution in [0.4, 0.5) is 14.5 Å². The lowest BCUT2D eigenvalue weighted by molar-refractivity contribution is -0.0928. The van der Waals surface area contributed by atoms with Gasteiger partial charge in [-0.1, -0.05) is 30.3 Å². The standard InChI is InChI=1S/C23H23F2NO2/c1-27-17-7-2-5-15(13-17)19-9-4-10-22-20(19)11-12-21(26-22)16-6-3-8-18(14-16)28-23(24)25/h2-5,7-10,13-14,16,21,23,26H,6,11-12H2,1H3/t16?,21-/m1/s1. The Morgan fingerprint density at radius 3 is 2.82 bits per heavy atom. The highest BCUT2D eigenvalue weighted by Gasteiger charge is 2.27. The minimum Gasteiger partial charge on any atom is -0.497 e. The van der Waals surface area contributed by atoms with Crippen molar-refractivity contribution in [2.75, 3.05) is 12.4 Å². The van der Waals surface area contributed by atoms with Crippen LogP contribution in [0.2, 0.25) is 0 Å². The van der Waals surface area contributed by atoms with E-state index in [9.17, 15) is 8.78 Å². The van der Waals surface area contributed by atoms with Gasteiger partial charge in [-0.3, -0.25) is 0 Å². The average molecular weight is 383 g/mol. The molecular weight excluding hydrogens is 360 g/mol. The number of halogens is 2. The largest absolute Gasteiger partial charge is 0.497 e. The summed E-state index contributed by atoms with van der Waals surface area (Å²) < 4.78 is 35.0. The van der Waals surface area contributed by atoms with Crippen LogP contribution < -0.4 is 10.1 Å². The molecule has 1 aliphatic heterocycles. The summed E-state index contributed by atoms with van der Waals surface area (Å²) in [7, 11) is 1.67. The molecule has 0 amide bonds. The van der Waals surface area contributed by atoms with Crippen molar-refractivity contribution < 1.29 is 18.3 Å². The lowest BCUT2D eigenvalue weighted by atomic mass is 9.83. The predicted molar refractivity (Wildman–Crippen MR) is 107 cm³/mol. The van der Waals surface area contributed by atoms with Crippen LogP contribution in [0.25, 0.3) is 11.1 Å². The minimum atomic E-state index is -2.79. The maximum atomic E-state index is 12.5. The molecule has 2 aliphatic rings. The third-order valence-corrected chi connectivity index (χ3v) is 5.41. The number of hydrogen-bond donors (Lipinski definition) is 1. The van der Waals surface area contributed by atoms with E-state index in [2.05, 4.69) is 28.3 Å². The average Bonchev–Trinajstić information content (AvgIpc) is 2.72. The van der Waals surface area contributed by atoms with Gasteiger partial charge in [-0.2, -0.15) is 8.78 Å². The van der Waals surface area contributed by atoms with Crippen molar-refractivity contribution in [2.45, 2.75) is 31.9 Å². The van der Waals surface area contributed by atoms with Crippen LogP contribution in [0.15, 0.2) is 66.5 Å². The molecule has 5 heteroatoms. The number of hydrogen-bond acceptors (Lipinski definition) is 3. The number of allylic oxidation sites excluding steroid dienone is 2. The first-order valence-electron chi connectivity index (χ1n) is 9.50. The van der Waals surface area contributed by atoms with Crippen molar-refractivity contribution in [2.24, 2.45) is 5.92 Å². The van der Waals surface area contributed by atoms with Gasteiger partial charge in [-0.25, -0.2) is 0 Å². The molecule has 0 spiro atoms. The van der Waals surface area contributed by atoms with Gasteiger partial charge in [0.25, 0.3) is 0 Å². The van der Waals surface area contributed by atoms with E-state index < -0.39 is 6.61 Å². The highest BCUT2D eigenvalue weighted by Crippen LogP contribution is 2.37. The second-order valence-corrected chi connectivity index (χ2v) is 7.10. The van der Waals surface area contributed by atoms with E-state index in [1.165, 1.54) is 11.1 Å². The molecule has 0 fully saturated rings. The third kappa shape index (κ3) is 3.88. The van der Waals surface area contributed by atoms with E-state index in [0.29, 0.717) is 0 Å². The number of alkyl halides is 2. The predicted octanol–water partition coefficient (Wildman–Crippen LogP) is 5.79. The van der Waals surface area contributed by atoms with Gasteiger partial charge >= 0.3 is 6.61 Å². The normalized spacial score (nSPS) is 20.9. The lowest BCUT2D eigenvalue weighted by Crippen LogP contribution is -2.33. The second-order valence-electron chi connectivity index (χ2n) is 7.10. The van der Waals surface area contributed by atoms with E-state index in [4.69, 9.17) is 4.74 Å². The number of anilines is 1. The highest BCUT2D eigenvalue weighted by molar-refractivity contribution is 5.75. The molecular formula is C23H23F2NO2. The Hall–Kier alpha value is -2.82. The van der Waals surface area contributed by atoms with E-state index in [-0.39, 0.29) is 17.7 Å². The summed E-state index contributed by atoms with van der Waals surface area (Å²) in [4.78, 5) is 0. The van der Waals surface area contributed by atoms with Crippen LogP contribution in [0, 0.1) is 5.92 Å². The molecule has 4 rings (SSSR count). The number of ether oxygens (including phenoxy) is 2. The zero-order valence-corrected chi connectivity index (χ0v) is 15.7. The van der Waals surface area contributed by atoms with Crippen molar-refractivity contribution in [3.8, 4) is 16.9 Å². The first-order valence-corrected chi connectivity index (χ1v) is 9.50. The van der Waals surface area contributed by atoms with Gasteiger partial charge in [0.1, 0.15) is 11.5 Å². The maximum absolute atomic E-state index is 12.5. The molecule has 0 aromatic heterocycles. The van der Waals surface area contributed by atoms with Gasteiger partial charge in [0.15, 0.2) is 0 Å². The third-order valence-electron chi connectivity index (χ3n) is 5.41. The summed E-state index contributed by atoms with van der Waals surface area (Å²) in [6, 6.07) is 14.5. The molecule has 0 bridgehead atoms. The Morgan fingerprint density at radius 1 is 1.14 bits per heavy atom.